The zero-order valence-electron chi connectivity index (χ0n) is 14.2. The van der Waals surface area contributed by atoms with Crippen molar-refractivity contribution < 1.29 is 27.9 Å². The Morgan fingerprint density at radius 1 is 1.22 bits per heavy atom. The molecule has 0 radical (unpaired) electrons. The SMILES string of the molecule is CSCCC(NS(=O)(=O)c1cc2c3c(cccc3c1)C(=O)NC2=O)C(=O)O. The molecule has 2 aromatic rings. The van der Waals surface area contributed by atoms with Crippen LogP contribution >= 0.6 is 11.8 Å². The van der Waals surface area contributed by atoms with E-state index in [1.165, 1.54) is 17.8 Å². The number of amides is 2. The highest BCUT2D eigenvalue weighted by atomic mass is 32.2. The van der Waals surface area contributed by atoms with Crippen LogP contribution in [-0.2, 0) is 14.8 Å². The van der Waals surface area contributed by atoms with Crippen LogP contribution < -0.4 is 10.0 Å². The number of carbonyl (C=O) groups is 3. The molecule has 2 aromatic carbocycles. The third-order valence-corrected chi connectivity index (χ3v) is 6.28. The van der Waals surface area contributed by atoms with Gasteiger partial charge >= 0.3 is 5.97 Å². The van der Waals surface area contributed by atoms with Gasteiger partial charge in [-0.1, -0.05) is 12.1 Å². The number of carboxylic acid groups (broad SMARTS) is 1. The molecule has 3 N–H and O–H groups in total. The van der Waals surface area contributed by atoms with Crippen molar-refractivity contribution in [3.05, 3.63) is 41.5 Å². The normalized spacial score (nSPS) is 14.9. The van der Waals surface area contributed by atoms with Crippen molar-refractivity contribution in [2.24, 2.45) is 0 Å². The summed E-state index contributed by atoms with van der Waals surface area (Å²) in [7, 11) is -4.19. The van der Waals surface area contributed by atoms with Crippen molar-refractivity contribution in [3.63, 3.8) is 0 Å². The lowest BCUT2D eigenvalue weighted by molar-refractivity contribution is -0.139. The van der Waals surface area contributed by atoms with E-state index >= 15 is 0 Å². The molecule has 3 rings (SSSR count). The molecule has 1 heterocycles. The number of carboxylic acids is 1. The molecule has 1 unspecified atom stereocenters. The molecule has 0 aliphatic carbocycles. The van der Waals surface area contributed by atoms with Crippen molar-refractivity contribution in [2.45, 2.75) is 17.4 Å². The molecule has 0 bridgehead atoms. The maximum atomic E-state index is 12.7. The van der Waals surface area contributed by atoms with Gasteiger partial charge in [0.05, 0.1) is 4.90 Å². The van der Waals surface area contributed by atoms with Crippen LogP contribution in [0, 0.1) is 0 Å². The Morgan fingerprint density at radius 2 is 1.93 bits per heavy atom. The van der Waals surface area contributed by atoms with Crippen LogP contribution in [0.15, 0.2) is 35.2 Å². The van der Waals surface area contributed by atoms with E-state index in [-0.39, 0.29) is 22.4 Å². The van der Waals surface area contributed by atoms with Gasteiger partial charge in [-0.25, -0.2) is 8.42 Å². The van der Waals surface area contributed by atoms with Gasteiger partial charge in [0.2, 0.25) is 10.0 Å². The van der Waals surface area contributed by atoms with E-state index in [0.29, 0.717) is 16.5 Å². The highest BCUT2D eigenvalue weighted by Crippen LogP contribution is 2.29. The lowest BCUT2D eigenvalue weighted by Crippen LogP contribution is -2.41. The molecule has 0 saturated heterocycles. The summed E-state index contributed by atoms with van der Waals surface area (Å²) in [6.07, 6.45) is 1.91. The number of thioether (sulfide) groups is 1. The summed E-state index contributed by atoms with van der Waals surface area (Å²) in [6, 6.07) is 5.92. The Kier molecular flexibility index (Phi) is 5.22. The van der Waals surface area contributed by atoms with Crippen molar-refractivity contribution in [1.29, 1.82) is 0 Å². The largest absolute Gasteiger partial charge is 0.480 e. The summed E-state index contributed by atoms with van der Waals surface area (Å²) >= 11 is 1.40. The summed E-state index contributed by atoms with van der Waals surface area (Å²) < 4.78 is 27.6. The first-order valence-electron chi connectivity index (χ1n) is 7.91. The Bertz CT molecular complexity index is 1060. The molecular formula is C17H16N2O6S2. The number of hydrogen-bond acceptors (Lipinski definition) is 6. The zero-order valence-corrected chi connectivity index (χ0v) is 15.8. The van der Waals surface area contributed by atoms with Crippen LogP contribution in [0.4, 0.5) is 0 Å². The number of sulfonamides is 1. The molecule has 1 aliphatic heterocycles. The second kappa shape index (κ2) is 7.29. The maximum absolute atomic E-state index is 12.7. The molecular weight excluding hydrogens is 392 g/mol. The monoisotopic (exact) mass is 408 g/mol. The molecule has 1 aliphatic rings. The topological polar surface area (TPSA) is 130 Å². The van der Waals surface area contributed by atoms with Gasteiger partial charge < -0.3 is 5.11 Å². The molecule has 0 aromatic heterocycles. The van der Waals surface area contributed by atoms with Crippen molar-refractivity contribution in [1.82, 2.24) is 10.0 Å². The molecule has 0 spiro atoms. The molecule has 8 nitrogen and oxygen atoms in total. The summed E-state index contributed by atoms with van der Waals surface area (Å²) in [5.74, 6) is -2.05. The Labute approximate surface area is 159 Å². The van der Waals surface area contributed by atoms with Gasteiger partial charge in [-0.2, -0.15) is 16.5 Å². The number of rotatable bonds is 7. The number of nitrogens with one attached hydrogen (secondary N) is 2. The van der Waals surface area contributed by atoms with Gasteiger partial charge in [0.1, 0.15) is 6.04 Å². The average Bonchev–Trinajstić information content (AvgIpc) is 2.62. The van der Waals surface area contributed by atoms with Crippen LogP contribution in [0.2, 0.25) is 0 Å². The van der Waals surface area contributed by atoms with Crippen molar-refractivity contribution in [3.8, 4) is 0 Å². The van der Waals surface area contributed by atoms with Crippen molar-refractivity contribution >= 4 is 50.3 Å². The van der Waals surface area contributed by atoms with Crippen LogP contribution in [-0.4, -0.2) is 49.4 Å². The number of imide groups is 1. The van der Waals surface area contributed by atoms with Gasteiger partial charge in [0.15, 0.2) is 0 Å². The zero-order chi connectivity index (χ0) is 19.8. The fourth-order valence-electron chi connectivity index (χ4n) is 2.89. The third kappa shape index (κ3) is 3.68. The van der Waals surface area contributed by atoms with Crippen LogP contribution in [0.5, 0.6) is 0 Å². The minimum Gasteiger partial charge on any atom is -0.480 e. The van der Waals surface area contributed by atoms with Crippen LogP contribution in [0.1, 0.15) is 27.1 Å². The van der Waals surface area contributed by atoms with Gasteiger partial charge in [-0.15, -0.1) is 0 Å². The molecule has 1 atom stereocenters. The first kappa shape index (κ1) is 19.3. The first-order valence-corrected chi connectivity index (χ1v) is 10.8. The number of aliphatic carboxylic acids is 1. The van der Waals surface area contributed by atoms with E-state index in [2.05, 4.69) is 10.0 Å². The predicted molar refractivity (Wildman–Crippen MR) is 100 cm³/mol. The fourth-order valence-corrected chi connectivity index (χ4v) is 4.64. The molecule has 142 valence electrons. The van der Waals surface area contributed by atoms with E-state index in [4.69, 9.17) is 0 Å². The Morgan fingerprint density at radius 3 is 2.59 bits per heavy atom. The minimum atomic E-state index is -4.19. The first-order chi connectivity index (χ1) is 12.7. The summed E-state index contributed by atoms with van der Waals surface area (Å²) in [6.45, 7) is 0. The van der Waals surface area contributed by atoms with Gasteiger partial charge in [0, 0.05) is 16.5 Å². The third-order valence-electron chi connectivity index (χ3n) is 4.18. The van der Waals surface area contributed by atoms with E-state index in [9.17, 15) is 27.9 Å². The fraction of sp³-hybridized carbons (Fsp3) is 0.235. The predicted octanol–water partition coefficient (Wildman–Crippen LogP) is 1.21. The Balaban J connectivity index is 2.08. The molecule has 10 heteroatoms. The number of benzene rings is 2. The molecule has 0 saturated carbocycles. The Hall–Kier alpha value is -2.43. The average molecular weight is 408 g/mol. The van der Waals surface area contributed by atoms with E-state index in [1.54, 1.807) is 24.5 Å². The minimum absolute atomic E-state index is 0.0547. The standard InChI is InChI=1S/C17H16N2O6S2/c1-26-6-5-13(17(22)23)19-27(24,25)10-7-9-3-2-4-11-14(9)12(8-10)16(21)18-15(11)20/h2-4,7-8,13,19H,5-6H2,1H3,(H,22,23)(H,18,20,21). The van der Waals surface area contributed by atoms with Gasteiger partial charge in [0.25, 0.3) is 11.8 Å². The quantitative estimate of drug-likeness (QED) is 0.587. The van der Waals surface area contributed by atoms with Gasteiger partial charge in [-0.3, -0.25) is 19.7 Å². The maximum Gasteiger partial charge on any atom is 0.321 e. The van der Waals surface area contributed by atoms with Crippen LogP contribution in [0.3, 0.4) is 0 Å². The highest BCUT2D eigenvalue weighted by Gasteiger charge is 2.29. The lowest BCUT2D eigenvalue weighted by atomic mass is 9.95. The summed E-state index contributed by atoms with van der Waals surface area (Å²) in [5.41, 5.74) is 0.335. The highest BCUT2D eigenvalue weighted by molar-refractivity contribution is 7.98. The van der Waals surface area contributed by atoms with Gasteiger partial charge in [-0.05, 0) is 42.0 Å². The molecule has 2 amide bonds. The lowest BCUT2D eigenvalue weighted by Gasteiger charge is -2.19. The summed E-state index contributed by atoms with van der Waals surface area (Å²) in [4.78, 5) is 35.3. The smallest absolute Gasteiger partial charge is 0.321 e. The van der Waals surface area contributed by atoms with E-state index in [0.717, 1.165) is 6.07 Å². The number of carbonyl (C=O) groups excluding carboxylic acids is 2. The van der Waals surface area contributed by atoms with Crippen LogP contribution in [0.25, 0.3) is 10.8 Å². The van der Waals surface area contributed by atoms with E-state index in [1.807, 2.05) is 0 Å². The molecule has 27 heavy (non-hydrogen) atoms. The van der Waals surface area contributed by atoms with E-state index < -0.39 is 33.8 Å². The number of hydrogen-bond donors (Lipinski definition) is 3. The second-order valence-electron chi connectivity index (χ2n) is 5.95. The summed E-state index contributed by atoms with van der Waals surface area (Å²) in [5, 5.41) is 12.2. The molecule has 0 fully saturated rings. The van der Waals surface area contributed by atoms with Crippen molar-refractivity contribution in [2.75, 3.05) is 12.0 Å². The second-order valence-corrected chi connectivity index (χ2v) is 8.65.